The minimum atomic E-state index is -0.170. The highest BCUT2D eigenvalue weighted by atomic mass is 16.5. The Balaban J connectivity index is 1.40. The predicted molar refractivity (Wildman–Crippen MR) is 150 cm³/mol. The summed E-state index contributed by atoms with van der Waals surface area (Å²) in [6.45, 7) is 3.50. The molecule has 210 valence electrons. The number of pyridine rings is 1. The number of methoxy groups -OCH3 is 3. The number of carbonyl (C=O) groups is 1. The largest absolute Gasteiger partial charge is 0.493 e. The van der Waals surface area contributed by atoms with Crippen molar-refractivity contribution in [1.82, 2.24) is 24.8 Å². The topological polar surface area (TPSA) is 136 Å². The van der Waals surface area contributed by atoms with Crippen LogP contribution in [0.3, 0.4) is 0 Å². The third-order valence-electron chi connectivity index (χ3n) is 6.55. The standard InChI is InChI=1S/C27H32N8O5/c1-37-21-16-20(17-22(38-2)23(21)39-3)29-25-31-24(32-26(33-25)34-12-14-40-15-13-34)18-6-10-35(11-7-18)27(36)30-19-4-8-28-9-5-19/h4-6,8-9,16-17H,7,10-15H2,1-3H3,(H,28,30,36)(H,29,31,32,33). The van der Waals surface area contributed by atoms with E-state index in [9.17, 15) is 4.79 Å². The lowest BCUT2D eigenvalue weighted by atomic mass is 10.1. The summed E-state index contributed by atoms with van der Waals surface area (Å²) >= 11 is 0. The molecule has 5 rings (SSSR count). The van der Waals surface area contributed by atoms with E-state index in [0.29, 0.717) is 92.2 Å². The molecule has 3 aromatic rings. The smallest absolute Gasteiger partial charge is 0.322 e. The number of nitrogens with one attached hydrogen (secondary N) is 2. The van der Waals surface area contributed by atoms with E-state index < -0.39 is 0 Å². The van der Waals surface area contributed by atoms with Gasteiger partial charge in [0.25, 0.3) is 0 Å². The van der Waals surface area contributed by atoms with Gasteiger partial charge >= 0.3 is 6.03 Å². The molecule has 2 aromatic heterocycles. The van der Waals surface area contributed by atoms with Crippen LogP contribution >= 0.6 is 0 Å². The van der Waals surface area contributed by atoms with Gasteiger partial charge in [-0.05, 0) is 24.1 Å². The van der Waals surface area contributed by atoms with Crippen LogP contribution in [-0.4, -0.2) is 91.6 Å². The van der Waals surface area contributed by atoms with Gasteiger partial charge in [0.1, 0.15) is 0 Å². The van der Waals surface area contributed by atoms with E-state index in [4.69, 9.17) is 33.9 Å². The number of carbonyl (C=O) groups excluding carboxylic acids is 1. The van der Waals surface area contributed by atoms with Crippen molar-refractivity contribution in [2.45, 2.75) is 6.42 Å². The zero-order chi connectivity index (χ0) is 27.9. The van der Waals surface area contributed by atoms with E-state index in [-0.39, 0.29) is 6.03 Å². The number of hydrogen-bond donors (Lipinski definition) is 2. The number of morpholine rings is 1. The molecule has 2 aliphatic rings. The molecule has 0 aliphatic carbocycles. The Hall–Kier alpha value is -4.65. The number of aromatic nitrogens is 4. The monoisotopic (exact) mass is 548 g/mol. The highest BCUT2D eigenvalue weighted by Crippen LogP contribution is 2.40. The Bertz CT molecular complexity index is 1340. The lowest BCUT2D eigenvalue weighted by Gasteiger charge is -2.28. The molecule has 0 unspecified atom stereocenters. The molecule has 1 fully saturated rings. The minimum absolute atomic E-state index is 0.170. The van der Waals surface area contributed by atoms with Crippen LogP contribution in [0.2, 0.25) is 0 Å². The summed E-state index contributed by atoms with van der Waals surface area (Å²) in [4.78, 5) is 34.8. The summed E-state index contributed by atoms with van der Waals surface area (Å²) < 4.78 is 21.9. The molecule has 2 amide bonds. The van der Waals surface area contributed by atoms with E-state index in [2.05, 4.69) is 20.5 Å². The number of hydrogen-bond acceptors (Lipinski definition) is 11. The van der Waals surface area contributed by atoms with E-state index >= 15 is 0 Å². The van der Waals surface area contributed by atoms with Crippen LogP contribution < -0.4 is 29.7 Å². The third-order valence-corrected chi connectivity index (χ3v) is 6.55. The molecule has 0 spiro atoms. The molecule has 0 saturated carbocycles. The van der Waals surface area contributed by atoms with Gasteiger partial charge < -0.3 is 39.4 Å². The maximum atomic E-state index is 12.7. The normalized spacial score (nSPS) is 15.2. The van der Waals surface area contributed by atoms with Crippen LogP contribution in [0.1, 0.15) is 12.2 Å². The average Bonchev–Trinajstić information content (AvgIpc) is 3.01. The highest BCUT2D eigenvalue weighted by Gasteiger charge is 2.23. The fourth-order valence-electron chi connectivity index (χ4n) is 4.45. The van der Waals surface area contributed by atoms with Crippen LogP contribution in [0.4, 0.5) is 28.1 Å². The number of anilines is 4. The van der Waals surface area contributed by atoms with Gasteiger partial charge in [-0.25, -0.2) is 4.79 Å². The van der Waals surface area contributed by atoms with Crippen LogP contribution in [0.25, 0.3) is 5.57 Å². The molecule has 0 atom stereocenters. The van der Waals surface area contributed by atoms with Crippen molar-refractivity contribution in [3.8, 4) is 17.2 Å². The first-order valence-electron chi connectivity index (χ1n) is 12.9. The number of nitrogens with zero attached hydrogens (tertiary/aromatic N) is 6. The lowest BCUT2D eigenvalue weighted by molar-refractivity contribution is 0.122. The quantitative estimate of drug-likeness (QED) is 0.429. The molecule has 1 aromatic carbocycles. The summed E-state index contributed by atoms with van der Waals surface area (Å²) in [7, 11) is 4.69. The zero-order valence-corrected chi connectivity index (χ0v) is 22.7. The Kier molecular flexibility index (Phi) is 8.40. The number of amides is 2. The Morgan fingerprint density at radius 1 is 0.925 bits per heavy atom. The fourth-order valence-corrected chi connectivity index (χ4v) is 4.45. The Morgan fingerprint density at radius 2 is 1.65 bits per heavy atom. The summed E-state index contributed by atoms with van der Waals surface area (Å²) in [5.41, 5.74) is 2.30. The molecule has 0 bridgehead atoms. The maximum Gasteiger partial charge on any atom is 0.322 e. The molecule has 2 aliphatic heterocycles. The Labute approximate surface area is 232 Å². The van der Waals surface area contributed by atoms with Crippen molar-refractivity contribution in [3.63, 3.8) is 0 Å². The molecule has 40 heavy (non-hydrogen) atoms. The van der Waals surface area contributed by atoms with Gasteiger partial charge in [0.05, 0.1) is 34.5 Å². The van der Waals surface area contributed by atoms with Crippen LogP contribution in [-0.2, 0) is 4.74 Å². The van der Waals surface area contributed by atoms with Crippen LogP contribution in [0.15, 0.2) is 42.7 Å². The summed E-state index contributed by atoms with van der Waals surface area (Å²) in [6, 6.07) is 6.92. The van der Waals surface area contributed by atoms with Crippen molar-refractivity contribution >= 4 is 34.9 Å². The van der Waals surface area contributed by atoms with Crippen molar-refractivity contribution in [2.75, 3.05) is 76.3 Å². The van der Waals surface area contributed by atoms with Gasteiger partial charge in [0.2, 0.25) is 17.6 Å². The maximum absolute atomic E-state index is 12.7. The van der Waals surface area contributed by atoms with E-state index in [1.165, 1.54) is 0 Å². The lowest BCUT2D eigenvalue weighted by Crippen LogP contribution is -2.38. The minimum Gasteiger partial charge on any atom is -0.493 e. The first kappa shape index (κ1) is 26.9. The van der Waals surface area contributed by atoms with Gasteiger partial charge in [-0.1, -0.05) is 6.08 Å². The molecule has 1 saturated heterocycles. The van der Waals surface area contributed by atoms with Crippen LogP contribution in [0, 0.1) is 0 Å². The number of rotatable bonds is 8. The fraction of sp³-hybridized carbons (Fsp3) is 0.370. The summed E-state index contributed by atoms with van der Waals surface area (Å²) in [6.07, 6.45) is 5.86. The van der Waals surface area contributed by atoms with Crippen molar-refractivity contribution in [3.05, 3.63) is 48.6 Å². The number of urea groups is 1. The molecular formula is C27H32N8O5. The molecule has 13 heteroatoms. The van der Waals surface area contributed by atoms with Gasteiger partial charge in [-0.2, -0.15) is 15.0 Å². The summed E-state index contributed by atoms with van der Waals surface area (Å²) in [5.74, 6) is 2.99. The van der Waals surface area contributed by atoms with Gasteiger partial charge in [0.15, 0.2) is 17.3 Å². The second-order valence-corrected chi connectivity index (χ2v) is 9.01. The third kappa shape index (κ3) is 6.15. The van der Waals surface area contributed by atoms with E-state index in [1.54, 1.807) is 62.9 Å². The first-order chi connectivity index (χ1) is 19.6. The Morgan fingerprint density at radius 3 is 2.27 bits per heavy atom. The molecule has 13 nitrogen and oxygen atoms in total. The van der Waals surface area contributed by atoms with E-state index in [0.717, 1.165) is 5.57 Å². The highest BCUT2D eigenvalue weighted by molar-refractivity contribution is 5.89. The molecule has 2 N–H and O–H groups in total. The molecule has 4 heterocycles. The molecular weight excluding hydrogens is 516 g/mol. The summed E-state index contributed by atoms with van der Waals surface area (Å²) in [5, 5.41) is 6.18. The predicted octanol–water partition coefficient (Wildman–Crippen LogP) is 3.19. The van der Waals surface area contributed by atoms with Crippen LogP contribution in [0.5, 0.6) is 17.2 Å². The second-order valence-electron chi connectivity index (χ2n) is 9.01. The number of benzene rings is 1. The second kappa shape index (κ2) is 12.5. The first-order valence-corrected chi connectivity index (χ1v) is 12.9. The van der Waals surface area contributed by atoms with Gasteiger partial charge in [0, 0.05) is 62.1 Å². The van der Waals surface area contributed by atoms with Gasteiger partial charge in [-0.3, -0.25) is 4.98 Å². The van der Waals surface area contributed by atoms with Crippen molar-refractivity contribution in [1.29, 1.82) is 0 Å². The average molecular weight is 549 g/mol. The van der Waals surface area contributed by atoms with E-state index in [1.807, 2.05) is 6.08 Å². The number of ether oxygens (including phenoxy) is 4. The van der Waals surface area contributed by atoms with Crippen molar-refractivity contribution < 1.29 is 23.7 Å². The molecule has 0 radical (unpaired) electrons. The SMILES string of the molecule is COc1cc(Nc2nc(C3=CCN(C(=O)Nc4ccncc4)CC3)nc(N3CCOCC3)n2)cc(OC)c1OC. The zero-order valence-electron chi connectivity index (χ0n) is 22.7. The van der Waals surface area contributed by atoms with Crippen molar-refractivity contribution in [2.24, 2.45) is 0 Å². The van der Waals surface area contributed by atoms with Gasteiger partial charge in [-0.15, -0.1) is 0 Å².